The highest BCUT2D eigenvalue weighted by atomic mass is 16.3. The highest BCUT2D eigenvalue weighted by molar-refractivity contribution is 5.78. The standard InChI is InChI=1S/C13H21N3O/c1-10(12-8-5-9-17-12)15-13(14)16-11-6-3-2-4-7-11/h5,8-11H,2-4,6-7H2,1H3,(H3,14,15,16). The summed E-state index contributed by atoms with van der Waals surface area (Å²) in [5.41, 5.74) is 5.91. The fourth-order valence-corrected chi connectivity index (χ4v) is 2.27. The van der Waals surface area contributed by atoms with Crippen molar-refractivity contribution in [2.45, 2.75) is 51.1 Å². The zero-order valence-corrected chi connectivity index (χ0v) is 10.4. The van der Waals surface area contributed by atoms with Gasteiger partial charge in [-0.25, -0.2) is 0 Å². The van der Waals surface area contributed by atoms with Crippen molar-refractivity contribution >= 4 is 5.96 Å². The molecule has 4 heteroatoms. The SMILES string of the molecule is CC(NC(N)=NC1CCCCC1)c1ccco1. The second-order valence-corrected chi connectivity index (χ2v) is 4.69. The average molecular weight is 235 g/mol. The van der Waals surface area contributed by atoms with Gasteiger partial charge in [-0.15, -0.1) is 0 Å². The Labute approximate surface area is 102 Å². The molecule has 0 amide bonds. The second kappa shape index (κ2) is 5.75. The van der Waals surface area contributed by atoms with Crippen molar-refractivity contribution < 1.29 is 4.42 Å². The molecule has 0 bridgehead atoms. The molecular weight excluding hydrogens is 214 g/mol. The van der Waals surface area contributed by atoms with E-state index >= 15 is 0 Å². The predicted molar refractivity (Wildman–Crippen MR) is 68.8 cm³/mol. The number of guanidine groups is 1. The first kappa shape index (κ1) is 12.0. The van der Waals surface area contributed by atoms with Gasteiger partial charge in [0.1, 0.15) is 5.76 Å². The Balaban J connectivity index is 1.87. The van der Waals surface area contributed by atoms with Crippen LogP contribution in [0.1, 0.15) is 50.8 Å². The topological polar surface area (TPSA) is 63.5 Å². The van der Waals surface area contributed by atoms with E-state index in [1.807, 2.05) is 19.1 Å². The summed E-state index contributed by atoms with van der Waals surface area (Å²) in [4.78, 5) is 4.53. The quantitative estimate of drug-likeness (QED) is 0.625. The zero-order valence-electron chi connectivity index (χ0n) is 10.4. The van der Waals surface area contributed by atoms with E-state index in [0.717, 1.165) is 18.6 Å². The fourth-order valence-electron chi connectivity index (χ4n) is 2.27. The maximum atomic E-state index is 5.91. The molecule has 4 nitrogen and oxygen atoms in total. The number of nitrogens with two attached hydrogens (primary N) is 1. The summed E-state index contributed by atoms with van der Waals surface area (Å²) >= 11 is 0. The summed E-state index contributed by atoms with van der Waals surface area (Å²) in [7, 11) is 0. The molecular formula is C13H21N3O. The molecule has 0 aliphatic heterocycles. The van der Waals surface area contributed by atoms with Crippen LogP contribution in [0.25, 0.3) is 0 Å². The zero-order chi connectivity index (χ0) is 12.1. The van der Waals surface area contributed by atoms with E-state index in [0.29, 0.717) is 12.0 Å². The molecule has 1 atom stereocenters. The van der Waals surface area contributed by atoms with Crippen LogP contribution in [0, 0.1) is 0 Å². The van der Waals surface area contributed by atoms with Crippen LogP contribution in [-0.2, 0) is 0 Å². The normalized spacial score (nSPS) is 20.2. The first-order chi connectivity index (χ1) is 8.25. The smallest absolute Gasteiger partial charge is 0.189 e. The Kier molecular flexibility index (Phi) is 4.07. The molecule has 2 rings (SSSR count). The molecule has 1 fully saturated rings. The molecule has 1 saturated carbocycles. The van der Waals surface area contributed by atoms with E-state index in [-0.39, 0.29) is 6.04 Å². The van der Waals surface area contributed by atoms with Crippen molar-refractivity contribution in [3.05, 3.63) is 24.2 Å². The number of nitrogens with zero attached hydrogens (tertiary/aromatic N) is 1. The van der Waals surface area contributed by atoms with Crippen LogP contribution in [0.5, 0.6) is 0 Å². The number of rotatable bonds is 3. The van der Waals surface area contributed by atoms with Gasteiger partial charge in [0.05, 0.1) is 18.3 Å². The predicted octanol–water partition coefficient (Wildman–Crippen LogP) is 2.58. The summed E-state index contributed by atoms with van der Waals surface area (Å²) < 4.78 is 5.31. The summed E-state index contributed by atoms with van der Waals surface area (Å²) in [6.45, 7) is 2.02. The van der Waals surface area contributed by atoms with Crippen molar-refractivity contribution in [3.8, 4) is 0 Å². The molecule has 1 aromatic rings. The highest BCUT2D eigenvalue weighted by Crippen LogP contribution is 2.20. The van der Waals surface area contributed by atoms with Gasteiger partial charge in [0, 0.05) is 0 Å². The lowest BCUT2D eigenvalue weighted by Crippen LogP contribution is -2.35. The van der Waals surface area contributed by atoms with E-state index < -0.39 is 0 Å². The Morgan fingerprint density at radius 3 is 2.88 bits per heavy atom. The molecule has 0 aromatic carbocycles. The van der Waals surface area contributed by atoms with Crippen LogP contribution in [0.2, 0.25) is 0 Å². The lowest BCUT2D eigenvalue weighted by molar-refractivity contribution is 0.437. The van der Waals surface area contributed by atoms with Crippen LogP contribution in [-0.4, -0.2) is 12.0 Å². The first-order valence-electron chi connectivity index (χ1n) is 6.39. The monoisotopic (exact) mass is 235 g/mol. The average Bonchev–Trinajstić information content (AvgIpc) is 2.83. The van der Waals surface area contributed by atoms with Crippen molar-refractivity contribution in [1.29, 1.82) is 0 Å². The lowest BCUT2D eigenvalue weighted by Gasteiger charge is -2.19. The Bertz CT molecular complexity index is 353. The second-order valence-electron chi connectivity index (χ2n) is 4.69. The van der Waals surface area contributed by atoms with Gasteiger partial charge in [-0.3, -0.25) is 4.99 Å². The molecule has 1 aromatic heterocycles. The van der Waals surface area contributed by atoms with E-state index in [9.17, 15) is 0 Å². The van der Waals surface area contributed by atoms with E-state index in [4.69, 9.17) is 10.2 Å². The largest absolute Gasteiger partial charge is 0.467 e. The van der Waals surface area contributed by atoms with Crippen LogP contribution >= 0.6 is 0 Å². The van der Waals surface area contributed by atoms with Gasteiger partial charge in [0.25, 0.3) is 0 Å². The molecule has 1 aliphatic carbocycles. The molecule has 1 aliphatic rings. The Hall–Kier alpha value is -1.45. The molecule has 1 heterocycles. The molecule has 0 saturated heterocycles. The van der Waals surface area contributed by atoms with Crippen LogP contribution < -0.4 is 11.1 Å². The third kappa shape index (κ3) is 3.51. The molecule has 94 valence electrons. The van der Waals surface area contributed by atoms with E-state index in [2.05, 4.69) is 10.3 Å². The molecule has 0 spiro atoms. The Morgan fingerprint density at radius 2 is 2.24 bits per heavy atom. The minimum absolute atomic E-state index is 0.0670. The van der Waals surface area contributed by atoms with E-state index in [1.54, 1.807) is 6.26 Å². The maximum absolute atomic E-state index is 5.91. The summed E-state index contributed by atoms with van der Waals surface area (Å²) in [5.74, 6) is 1.41. The third-order valence-corrected chi connectivity index (χ3v) is 3.23. The van der Waals surface area contributed by atoms with Gasteiger partial charge in [0.15, 0.2) is 5.96 Å². The number of nitrogens with one attached hydrogen (secondary N) is 1. The minimum Gasteiger partial charge on any atom is -0.467 e. The number of aliphatic imine (C=N–C) groups is 1. The number of hydrogen-bond donors (Lipinski definition) is 2. The van der Waals surface area contributed by atoms with Gasteiger partial charge < -0.3 is 15.5 Å². The molecule has 3 N–H and O–H groups in total. The fraction of sp³-hybridized carbons (Fsp3) is 0.615. The van der Waals surface area contributed by atoms with Gasteiger partial charge in [-0.1, -0.05) is 19.3 Å². The van der Waals surface area contributed by atoms with Crippen molar-refractivity contribution in [1.82, 2.24) is 5.32 Å². The summed E-state index contributed by atoms with van der Waals surface area (Å²) in [6, 6.07) is 4.28. The van der Waals surface area contributed by atoms with Crippen molar-refractivity contribution in [2.24, 2.45) is 10.7 Å². The van der Waals surface area contributed by atoms with Crippen molar-refractivity contribution in [2.75, 3.05) is 0 Å². The van der Waals surface area contributed by atoms with Gasteiger partial charge >= 0.3 is 0 Å². The van der Waals surface area contributed by atoms with Crippen molar-refractivity contribution in [3.63, 3.8) is 0 Å². The molecule has 0 radical (unpaired) electrons. The summed E-state index contributed by atoms with van der Waals surface area (Å²) in [5, 5.41) is 3.16. The minimum atomic E-state index is 0.0670. The third-order valence-electron chi connectivity index (χ3n) is 3.23. The Morgan fingerprint density at radius 1 is 1.47 bits per heavy atom. The summed E-state index contributed by atoms with van der Waals surface area (Å²) in [6.07, 6.45) is 7.88. The maximum Gasteiger partial charge on any atom is 0.189 e. The molecule has 17 heavy (non-hydrogen) atoms. The number of furan rings is 1. The van der Waals surface area contributed by atoms with Gasteiger partial charge in [-0.05, 0) is 31.9 Å². The highest BCUT2D eigenvalue weighted by Gasteiger charge is 2.14. The van der Waals surface area contributed by atoms with Crippen LogP contribution in [0.15, 0.2) is 27.8 Å². The molecule has 1 unspecified atom stereocenters. The lowest BCUT2D eigenvalue weighted by atomic mass is 9.96. The first-order valence-corrected chi connectivity index (χ1v) is 6.39. The van der Waals surface area contributed by atoms with Gasteiger partial charge in [0.2, 0.25) is 0 Å². The number of hydrogen-bond acceptors (Lipinski definition) is 2. The van der Waals surface area contributed by atoms with E-state index in [1.165, 1.54) is 19.3 Å². The van der Waals surface area contributed by atoms with Crippen LogP contribution in [0.4, 0.5) is 0 Å². The van der Waals surface area contributed by atoms with Crippen LogP contribution in [0.3, 0.4) is 0 Å². The van der Waals surface area contributed by atoms with Gasteiger partial charge in [-0.2, -0.15) is 0 Å².